The molecule has 68 heavy (non-hydrogen) atoms. The Morgan fingerprint density at radius 1 is 0.941 bits per heavy atom. The van der Waals surface area contributed by atoms with E-state index in [0.29, 0.717) is 61.1 Å². The van der Waals surface area contributed by atoms with Gasteiger partial charge in [-0.2, -0.15) is 13.2 Å². The number of fused-ring (bicyclic) bond motifs is 8. The zero-order valence-corrected chi connectivity index (χ0v) is 39.7. The van der Waals surface area contributed by atoms with Gasteiger partial charge < -0.3 is 29.0 Å². The first-order valence-electron chi connectivity index (χ1n) is 23.4. The second-order valence-corrected chi connectivity index (χ2v) is 20.3. The summed E-state index contributed by atoms with van der Waals surface area (Å²) in [7, 11) is 0. The Morgan fingerprint density at radius 2 is 1.68 bits per heavy atom. The van der Waals surface area contributed by atoms with Crippen LogP contribution in [-0.4, -0.2) is 57.7 Å². The van der Waals surface area contributed by atoms with E-state index in [0.717, 1.165) is 36.6 Å². The molecule has 1 amide bonds. The fraction of sp³-hybridized carbons (Fsp3) is 0.509. The quantitative estimate of drug-likeness (QED) is 0.0925. The maximum Gasteiger partial charge on any atom is 0.573 e. The highest BCUT2D eigenvalue weighted by Gasteiger charge is 2.58. The molecule has 3 aromatic carbocycles. The first kappa shape index (κ1) is 51.1. The molecule has 15 heteroatoms. The van der Waals surface area contributed by atoms with Crippen molar-refractivity contribution in [3.63, 3.8) is 0 Å². The fourth-order valence-electron chi connectivity index (χ4n) is 10.8. The normalized spacial score (nSPS) is 25.9. The molecular formula is C53H60ClF6NO7. The Bertz CT molecular complexity index is 2470. The molecule has 2 bridgehead atoms. The van der Waals surface area contributed by atoms with Crippen LogP contribution in [0.2, 0.25) is 5.02 Å². The SMILES string of the molecule is CC1=CCC[C@@]2(C)[C@@H](CC[C@@]2(O)CN(Cc2ccc(OC(F)(F)F)cc2)C(=O)O[C@H]2C[C@@H](C)CC[C@@H]2C(C)C)c2ccc(cc2C(=O)c2ccc(-c3cc(C(F)(F)F)ccc3Cl)o2)C[C@@H](O)CC1. The highest BCUT2D eigenvalue weighted by Crippen LogP contribution is 2.59. The summed E-state index contributed by atoms with van der Waals surface area (Å²) < 4.78 is 96.9. The smallest absolute Gasteiger partial charge is 0.453 e. The van der Waals surface area contributed by atoms with Crippen LogP contribution in [0.4, 0.5) is 31.1 Å². The summed E-state index contributed by atoms with van der Waals surface area (Å²) in [5, 5.41) is 24.4. The standard InChI is InChI=1S/C53H60ClF6NO7/c1-31(2)39-17-9-33(4)25-47(39)67-49(64)61(29-34-10-15-38(16-11-34)68-53(58,59)60)30-51(65)24-22-43-40-18-12-35(26-37(62)14-8-32(3)7-6-23-50(43,51)5)27-41(40)48(63)46-21-20-45(66-46)42-28-36(52(55,56)57)13-19-44(42)54/h7,10-13,15-16,18-21,27-28,31,33,37,39,43,47,62,65H,6,8-9,14,17,22-26,29-30H2,1-5H3/t33-,37-,39+,43-,47-,50-,51+/m0/s1. The average Bonchev–Trinajstić information content (AvgIpc) is 3.84. The largest absolute Gasteiger partial charge is 0.573 e. The number of hydrogen-bond donors (Lipinski definition) is 2. The van der Waals surface area contributed by atoms with Crippen molar-refractivity contribution in [1.29, 1.82) is 0 Å². The number of benzene rings is 3. The molecule has 368 valence electrons. The van der Waals surface area contributed by atoms with Gasteiger partial charge in [-0.1, -0.05) is 81.6 Å². The molecule has 4 aliphatic rings. The second-order valence-electron chi connectivity index (χ2n) is 19.9. The number of carbonyl (C=O) groups is 2. The van der Waals surface area contributed by atoms with Crippen LogP contribution in [0.15, 0.2) is 88.9 Å². The van der Waals surface area contributed by atoms with E-state index < -0.39 is 64.9 Å². The maximum absolute atomic E-state index is 14.8. The molecule has 8 nitrogen and oxygen atoms in total. The van der Waals surface area contributed by atoms with Gasteiger partial charge in [-0.15, -0.1) is 13.2 Å². The Labute approximate surface area is 398 Å². The zero-order valence-electron chi connectivity index (χ0n) is 39.0. The number of carbonyl (C=O) groups excluding carboxylic acids is 2. The van der Waals surface area contributed by atoms with Gasteiger partial charge in [-0.05, 0) is 154 Å². The number of ketones is 1. The summed E-state index contributed by atoms with van der Waals surface area (Å²) >= 11 is 6.36. The number of halogens is 7. The molecular weight excluding hydrogens is 912 g/mol. The summed E-state index contributed by atoms with van der Waals surface area (Å²) in [6, 6.07) is 16.2. The molecule has 2 N–H and O–H groups in total. The number of aliphatic hydroxyl groups is 2. The van der Waals surface area contributed by atoms with Gasteiger partial charge in [-0.3, -0.25) is 4.79 Å². The molecule has 4 aromatic rings. The number of hydrogen-bond acceptors (Lipinski definition) is 7. The monoisotopic (exact) mass is 971 g/mol. The molecule has 8 rings (SSSR count). The summed E-state index contributed by atoms with van der Waals surface area (Å²) in [6.45, 7) is 9.96. The molecule has 1 heterocycles. The summed E-state index contributed by atoms with van der Waals surface area (Å²) in [5.41, 5.74) is -0.568. The second kappa shape index (κ2) is 20.3. The van der Waals surface area contributed by atoms with Crippen molar-refractivity contribution >= 4 is 23.5 Å². The van der Waals surface area contributed by atoms with E-state index in [2.05, 4.69) is 31.6 Å². The van der Waals surface area contributed by atoms with Gasteiger partial charge in [0.1, 0.15) is 17.6 Å². The Hall–Kier alpha value is -4.79. The number of rotatable bonds is 10. The first-order valence-corrected chi connectivity index (χ1v) is 23.8. The third-order valence-corrected chi connectivity index (χ3v) is 15.1. The van der Waals surface area contributed by atoms with E-state index in [1.54, 1.807) is 6.07 Å². The number of aliphatic hydroxyl groups excluding tert-OH is 1. The Morgan fingerprint density at radius 3 is 2.37 bits per heavy atom. The molecule has 4 aliphatic carbocycles. The van der Waals surface area contributed by atoms with Crippen LogP contribution in [0, 0.1) is 23.2 Å². The lowest BCUT2D eigenvalue weighted by Gasteiger charge is -2.46. The van der Waals surface area contributed by atoms with Gasteiger partial charge in [0.05, 0.1) is 28.8 Å². The van der Waals surface area contributed by atoms with Crippen LogP contribution in [-0.2, 0) is 23.9 Å². The van der Waals surface area contributed by atoms with Gasteiger partial charge in [-0.25, -0.2) is 4.79 Å². The predicted octanol–water partition coefficient (Wildman–Crippen LogP) is 13.9. The van der Waals surface area contributed by atoms with E-state index in [1.165, 1.54) is 41.3 Å². The molecule has 7 atom stereocenters. The van der Waals surface area contributed by atoms with Crippen LogP contribution in [0.3, 0.4) is 0 Å². The van der Waals surface area contributed by atoms with E-state index in [-0.39, 0.29) is 65.4 Å². The minimum Gasteiger partial charge on any atom is -0.453 e. The molecule has 0 aliphatic heterocycles. The molecule has 0 saturated heterocycles. The minimum absolute atomic E-state index is 0.00629. The Kier molecular flexibility index (Phi) is 15.2. The number of ether oxygens (including phenoxy) is 2. The molecule has 0 spiro atoms. The van der Waals surface area contributed by atoms with Crippen molar-refractivity contribution in [2.75, 3.05) is 6.54 Å². The van der Waals surface area contributed by atoms with Crippen LogP contribution in [0.1, 0.15) is 137 Å². The van der Waals surface area contributed by atoms with Crippen LogP contribution in [0.5, 0.6) is 5.75 Å². The van der Waals surface area contributed by atoms with Gasteiger partial charge in [0.2, 0.25) is 5.78 Å². The van der Waals surface area contributed by atoms with Crippen LogP contribution >= 0.6 is 11.6 Å². The number of amides is 1. The molecule has 2 saturated carbocycles. The van der Waals surface area contributed by atoms with Gasteiger partial charge in [0, 0.05) is 23.1 Å². The summed E-state index contributed by atoms with van der Waals surface area (Å²) in [5.74, 6) is -1.02. The minimum atomic E-state index is -4.90. The van der Waals surface area contributed by atoms with Crippen molar-refractivity contribution in [1.82, 2.24) is 4.90 Å². The van der Waals surface area contributed by atoms with E-state index in [9.17, 15) is 46.1 Å². The molecule has 1 aromatic heterocycles. The lowest BCUT2D eigenvalue weighted by Crippen LogP contribution is -2.54. The molecule has 2 fully saturated rings. The average molecular weight is 973 g/mol. The van der Waals surface area contributed by atoms with Crippen molar-refractivity contribution in [2.24, 2.45) is 23.2 Å². The van der Waals surface area contributed by atoms with Gasteiger partial charge in [0.25, 0.3) is 0 Å². The third kappa shape index (κ3) is 11.6. The summed E-state index contributed by atoms with van der Waals surface area (Å²) in [6.07, 6.45) is -3.91. The highest BCUT2D eigenvalue weighted by molar-refractivity contribution is 6.33. The van der Waals surface area contributed by atoms with Crippen LogP contribution < -0.4 is 4.74 Å². The van der Waals surface area contributed by atoms with E-state index >= 15 is 0 Å². The van der Waals surface area contributed by atoms with Crippen molar-refractivity contribution in [3.8, 4) is 17.1 Å². The predicted molar refractivity (Wildman–Crippen MR) is 246 cm³/mol. The van der Waals surface area contributed by atoms with E-state index in [1.807, 2.05) is 26.0 Å². The van der Waals surface area contributed by atoms with E-state index in [4.69, 9.17) is 20.8 Å². The van der Waals surface area contributed by atoms with Crippen LogP contribution in [0.25, 0.3) is 11.3 Å². The molecule has 0 radical (unpaired) electrons. The molecule has 0 unspecified atom stereocenters. The highest BCUT2D eigenvalue weighted by atomic mass is 35.5. The van der Waals surface area contributed by atoms with Crippen molar-refractivity contribution in [2.45, 2.75) is 142 Å². The fourth-order valence-corrected chi connectivity index (χ4v) is 11.0. The summed E-state index contributed by atoms with van der Waals surface area (Å²) in [4.78, 5) is 30.9. The number of nitrogens with zero attached hydrogens (tertiary/aromatic N) is 1. The maximum atomic E-state index is 14.8. The first-order chi connectivity index (χ1) is 31.9. The Balaban J connectivity index is 1.28. The lowest BCUT2D eigenvalue weighted by molar-refractivity contribution is -0.274. The third-order valence-electron chi connectivity index (χ3n) is 14.8. The lowest BCUT2D eigenvalue weighted by atomic mass is 9.64. The van der Waals surface area contributed by atoms with Gasteiger partial charge in [0.15, 0.2) is 5.76 Å². The van der Waals surface area contributed by atoms with Crippen molar-refractivity contribution < 1.29 is 60.0 Å². The number of allylic oxidation sites excluding steroid dienone is 2. The van der Waals surface area contributed by atoms with Crippen molar-refractivity contribution in [3.05, 3.63) is 123 Å². The number of furan rings is 1. The van der Waals surface area contributed by atoms with Gasteiger partial charge >= 0.3 is 18.6 Å². The topological polar surface area (TPSA) is 109 Å². The number of alkyl halides is 6. The zero-order chi connectivity index (χ0) is 49.3.